The molecule has 6 aromatic rings. The van der Waals surface area contributed by atoms with Crippen molar-refractivity contribution in [2.45, 2.75) is 168 Å². The third kappa shape index (κ3) is 11.1. The van der Waals surface area contributed by atoms with Crippen molar-refractivity contribution in [3.05, 3.63) is 161 Å². The standard InChI is InChI=1S/C64H72O2S2/c1-3-5-7-9-11-13-15-17-19-21-33-51-43-57(63(67-51)49-39-45-29-23-24-30-46(45)40-49)53-35-27-37-55-59(53)61(65)56-38-28-36-54(60(56)62(55)66)58-44-52(34-22-20-18-16-14-12-10-8-6-4-2)68-64(58)50-41-47-31-25-26-32-48(47)42-50/h23-32,35-39,41,43-44H,3-22,33-34,40,42H2,1-2H3. The maximum Gasteiger partial charge on any atom is 0.195 e. The number of allylic oxidation sites excluding steroid dienone is 2. The second-order valence-corrected chi connectivity index (χ2v) is 22.3. The Kier molecular flexibility index (Phi) is 16.7. The van der Waals surface area contributed by atoms with E-state index in [4.69, 9.17) is 0 Å². The first-order chi connectivity index (χ1) is 33.5. The summed E-state index contributed by atoms with van der Waals surface area (Å²) in [6.45, 7) is 4.57. The second kappa shape index (κ2) is 23.6. The van der Waals surface area contributed by atoms with E-state index in [-0.39, 0.29) is 11.6 Å². The summed E-state index contributed by atoms with van der Waals surface area (Å²) in [5.74, 6) is -0.0852. The quantitative estimate of drug-likeness (QED) is 0.0507. The van der Waals surface area contributed by atoms with Gasteiger partial charge in [0.25, 0.3) is 0 Å². The molecule has 0 saturated carbocycles. The number of fused-ring (bicyclic) bond motifs is 4. The Morgan fingerprint density at radius 3 is 1.12 bits per heavy atom. The number of rotatable bonds is 26. The monoisotopic (exact) mass is 936 g/mol. The van der Waals surface area contributed by atoms with E-state index in [0.29, 0.717) is 22.3 Å². The average molecular weight is 937 g/mol. The molecule has 0 amide bonds. The fourth-order valence-corrected chi connectivity index (χ4v) is 13.6. The molecule has 9 rings (SSSR count). The second-order valence-electron chi connectivity index (χ2n) is 20.0. The predicted molar refractivity (Wildman–Crippen MR) is 294 cm³/mol. The summed E-state index contributed by atoms with van der Waals surface area (Å²) >= 11 is 3.79. The molecule has 3 aliphatic rings. The van der Waals surface area contributed by atoms with Crippen molar-refractivity contribution in [1.29, 1.82) is 0 Å². The highest BCUT2D eigenvalue weighted by atomic mass is 32.1. The molecule has 0 unspecified atom stereocenters. The fourth-order valence-electron chi connectivity index (χ4n) is 11.1. The van der Waals surface area contributed by atoms with E-state index < -0.39 is 0 Å². The van der Waals surface area contributed by atoms with Gasteiger partial charge in [-0.05, 0) is 107 Å². The maximum atomic E-state index is 15.3. The molecule has 0 bridgehead atoms. The van der Waals surface area contributed by atoms with Crippen LogP contribution in [-0.4, -0.2) is 11.6 Å². The Bertz CT molecular complexity index is 2580. The SMILES string of the molecule is CCCCCCCCCCCCc1cc(-c2cccc3c2C(=O)c2cccc(-c4cc(CCCCCCCCCCCC)sc4C4=Cc5ccccc5C4)c2C3=O)c(C2=Cc3ccccc3C2)s1. The third-order valence-corrected chi connectivity index (χ3v) is 17.4. The number of aryl methyl sites for hydroxylation is 2. The number of ketones is 2. The van der Waals surface area contributed by atoms with Crippen LogP contribution in [0.2, 0.25) is 0 Å². The highest BCUT2D eigenvalue weighted by Crippen LogP contribution is 2.48. The van der Waals surface area contributed by atoms with Crippen LogP contribution in [0.4, 0.5) is 0 Å². The topological polar surface area (TPSA) is 34.1 Å². The van der Waals surface area contributed by atoms with Crippen LogP contribution in [0.3, 0.4) is 0 Å². The highest BCUT2D eigenvalue weighted by Gasteiger charge is 2.36. The third-order valence-electron chi connectivity index (χ3n) is 14.9. The van der Waals surface area contributed by atoms with Gasteiger partial charge in [-0.2, -0.15) is 0 Å². The molecule has 2 heterocycles. The minimum absolute atomic E-state index is 0.0426. The lowest BCUT2D eigenvalue weighted by Crippen LogP contribution is -2.22. The van der Waals surface area contributed by atoms with Gasteiger partial charge in [-0.15, -0.1) is 22.7 Å². The van der Waals surface area contributed by atoms with E-state index in [9.17, 15) is 0 Å². The van der Waals surface area contributed by atoms with Crippen LogP contribution < -0.4 is 0 Å². The molecule has 0 N–H and O–H groups in total. The summed E-state index contributed by atoms with van der Waals surface area (Å²) in [5, 5.41) is 0. The lowest BCUT2D eigenvalue weighted by atomic mass is 9.77. The van der Waals surface area contributed by atoms with Gasteiger partial charge in [0.1, 0.15) is 0 Å². The Morgan fingerprint density at radius 1 is 0.382 bits per heavy atom. The molecule has 352 valence electrons. The van der Waals surface area contributed by atoms with E-state index >= 15 is 9.59 Å². The number of unbranched alkanes of at least 4 members (excludes halogenated alkanes) is 18. The summed E-state index contributed by atoms with van der Waals surface area (Å²) in [5.41, 5.74) is 14.0. The minimum Gasteiger partial charge on any atom is -0.289 e. The number of benzene rings is 4. The first kappa shape index (κ1) is 48.1. The summed E-state index contributed by atoms with van der Waals surface area (Å²) < 4.78 is 0. The molecular weight excluding hydrogens is 865 g/mol. The zero-order valence-corrected chi connectivity index (χ0v) is 42.6. The number of hydrogen-bond donors (Lipinski definition) is 0. The Balaban J connectivity index is 0.988. The van der Waals surface area contributed by atoms with E-state index in [1.165, 1.54) is 181 Å². The first-order valence-corrected chi connectivity index (χ1v) is 28.3. The van der Waals surface area contributed by atoms with Gasteiger partial charge in [-0.3, -0.25) is 9.59 Å². The lowest BCUT2D eigenvalue weighted by Gasteiger charge is -2.23. The van der Waals surface area contributed by atoms with Crippen molar-refractivity contribution in [1.82, 2.24) is 0 Å². The smallest absolute Gasteiger partial charge is 0.195 e. The van der Waals surface area contributed by atoms with E-state index in [2.05, 4.69) is 98.8 Å². The van der Waals surface area contributed by atoms with Crippen LogP contribution >= 0.6 is 22.7 Å². The van der Waals surface area contributed by atoms with Gasteiger partial charge >= 0.3 is 0 Å². The van der Waals surface area contributed by atoms with Crippen molar-refractivity contribution in [3.8, 4) is 22.3 Å². The zero-order valence-electron chi connectivity index (χ0n) is 41.0. The van der Waals surface area contributed by atoms with Gasteiger partial charge in [0.15, 0.2) is 11.6 Å². The number of thiophene rings is 2. The zero-order chi connectivity index (χ0) is 46.7. The summed E-state index contributed by atoms with van der Waals surface area (Å²) in [7, 11) is 0. The Morgan fingerprint density at radius 2 is 0.735 bits per heavy atom. The van der Waals surface area contributed by atoms with Gasteiger partial charge in [-0.25, -0.2) is 0 Å². The highest BCUT2D eigenvalue weighted by molar-refractivity contribution is 7.14. The number of carbonyl (C=O) groups is 2. The van der Waals surface area contributed by atoms with E-state index in [0.717, 1.165) is 47.9 Å². The van der Waals surface area contributed by atoms with Crippen LogP contribution in [0.15, 0.2) is 97.1 Å². The first-order valence-electron chi connectivity index (χ1n) is 26.7. The molecule has 4 heteroatoms. The molecule has 2 nitrogen and oxygen atoms in total. The molecule has 2 aromatic heterocycles. The largest absolute Gasteiger partial charge is 0.289 e. The molecule has 0 saturated heterocycles. The average Bonchev–Trinajstić information content (AvgIpc) is 4.19. The van der Waals surface area contributed by atoms with Crippen molar-refractivity contribution in [2.75, 3.05) is 0 Å². The number of carbonyl (C=O) groups excluding carboxylic acids is 2. The van der Waals surface area contributed by atoms with Crippen molar-refractivity contribution >= 4 is 57.5 Å². The van der Waals surface area contributed by atoms with E-state index in [1.807, 2.05) is 46.9 Å². The van der Waals surface area contributed by atoms with E-state index in [1.54, 1.807) is 0 Å². The minimum atomic E-state index is -0.0426. The van der Waals surface area contributed by atoms with Crippen LogP contribution in [0.25, 0.3) is 45.6 Å². The normalized spacial score (nSPS) is 13.7. The molecule has 0 atom stereocenters. The van der Waals surface area contributed by atoms with Crippen molar-refractivity contribution in [2.24, 2.45) is 0 Å². The van der Waals surface area contributed by atoms with Gasteiger partial charge < -0.3 is 0 Å². The van der Waals surface area contributed by atoms with Crippen LogP contribution in [0.1, 0.15) is 216 Å². The van der Waals surface area contributed by atoms with Gasteiger partial charge in [0, 0.05) is 52.9 Å². The van der Waals surface area contributed by atoms with Gasteiger partial charge in [0.2, 0.25) is 0 Å². The van der Waals surface area contributed by atoms with Crippen molar-refractivity contribution < 1.29 is 9.59 Å². The van der Waals surface area contributed by atoms with Crippen LogP contribution in [0, 0.1) is 0 Å². The molecule has 4 aromatic carbocycles. The lowest BCUT2D eigenvalue weighted by molar-refractivity contribution is 0.0980. The molecule has 68 heavy (non-hydrogen) atoms. The Hall–Kier alpha value is -4.90. The molecule has 0 spiro atoms. The summed E-state index contributed by atoms with van der Waals surface area (Å²) in [6.07, 6.45) is 34.9. The molecular formula is C64H72O2S2. The molecule has 0 aliphatic heterocycles. The predicted octanol–water partition coefficient (Wildman–Crippen LogP) is 19.0. The summed E-state index contributed by atoms with van der Waals surface area (Å²) in [6, 6.07) is 34.1. The summed E-state index contributed by atoms with van der Waals surface area (Å²) in [4.78, 5) is 35.7. The molecule has 0 radical (unpaired) electrons. The van der Waals surface area contributed by atoms with Gasteiger partial charge in [-0.1, -0.05) is 214 Å². The Labute approximate surface area is 416 Å². The molecule has 0 fully saturated rings. The fraction of sp³-hybridized carbons (Fsp3) is 0.406. The maximum absolute atomic E-state index is 15.3. The van der Waals surface area contributed by atoms with Crippen molar-refractivity contribution in [3.63, 3.8) is 0 Å². The van der Waals surface area contributed by atoms with Crippen LogP contribution in [-0.2, 0) is 25.7 Å². The molecule has 3 aliphatic carbocycles. The van der Waals surface area contributed by atoms with Gasteiger partial charge in [0.05, 0.1) is 0 Å². The van der Waals surface area contributed by atoms with Crippen LogP contribution in [0.5, 0.6) is 0 Å². The number of hydrogen-bond acceptors (Lipinski definition) is 4.